The Morgan fingerprint density at radius 3 is 1.54 bits per heavy atom. The molecule has 4 fully saturated rings. The topological polar surface area (TPSA) is 36.4 Å². The number of nitrogens with one attached hydrogen (secondary N) is 2. The first-order chi connectivity index (χ1) is 12.8. The molecule has 0 unspecified atom stereocenters. The third-order valence-electron chi connectivity index (χ3n) is 6.43. The van der Waals surface area contributed by atoms with Gasteiger partial charge in [0, 0.05) is 11.4 Å². The van der Waals surface area contributed by atoms with Crippen LogP contribution in [-0.2, 0) is 0 Å². The molecule has 3 heteroatoms. The second-order valence-corrected chi connectivity index (χ2v) is 8.58. The zero-order chi connectivity index (χ0) is 17.4. The Labute approximate surface area is 155 Å². The van der Waals surface area contributed by atoms with E-state index in [0.717, 1.165) is 35.1 Å². The average Bonchev–Trinajstić information content (AvgIpc) is 2.62. The van der Waals surface area contributed by atoms with E-state index in [9.17, 15) is 0 Å². The zero-order valence-electron chi connectivity index (χ0n) is 15.2. The lowest BCUT2D eigenvalue weighted by atomic mass is 9.53. The summed E-state index contributed by atoms with van der Waals surface area (Å²) >= 11 is 0. The number of aliphatic imine (C=N–C) groups is 1. The lowest BCUT2D eigenvalue weighted by Crippen LogP contribution is -2.50. The van der Waals surface area contributed by atoms with Crippen molar-refractivity contribution >= 4 is 17.3 Å². The molecule has 0 radical (unpaired) electrons. The number of benzene rings is 2. The highest BCUT2D eigenvalue weighted by molar-refractivity contribution is 6.03. The van der Waals surface area contributed by atoms with E-state index in [-0.39, 0.29) is 5.54 Å². The fraction of sp³-hybridized carbons (Fsp3) is 0.435. The molecule has 2 aromatic rings. The summed E-state index contributed by atoms with van der Waals surface area (Å²) in [6, 6.07) is 20.7. The first-order valence-electron chi connectivity index (χ1n) is 10.0. The van der Waals surface area contributed by atoms with Gasteiger partial charge in [-0.2, -0.15) is 0 Å². The largest absolute Gasteiger partial charge is 0.326 e. The van der Waals surface area contributed by atoms with Crippen LogP contribution in [0.1, 0.15) is 38.5 Å². The molecule has 0 atom stereocenters. The van der Waals surface area contributed by atoms with Crippen molar-refractivity contribution in [2.24, 2.45) is 22.7 Å². The first kappa shape index (κ1) is 15.9. The molecule has 4 aliphatic rings. The molecule has 4 aliphatic carbocycles. The van der Waals surface area contributed by atoms with Crippen molar-refractivity contribution < 1.29 is 0 Å². The molecule has 6 rings (SSSR count). The summed E-state index contributed by atoms with van der Waals surface area (Å²) in [7, 11) is 0. The van der Waals surface area contributed by atoms with Gasteiger partial charge in [0.2, 0.25) is 5.96 Å². The van der Waals surface area contributed by atoms with Crippen LogP contribution in [0.5, 0.6) is 0 Å². The second kappa shape index (κ2) is 6.46. The highest BCUT2D eigenvalue weighted by atomic mass is 15.2. The van der Waals surface area contributed by atoms with Crippen LogP contribution in [0.4, 0.5) is 11.4 Å². The number of hydrogen-bond donors (Lipinski definition) is 2. The third kappa shape index (κ3) is 3.23. The van der Waals surface area contributed by atoms with E-state index in [2.05, 4.69) is 59.2 Å². The Kier molecular flexibility index (Phi) is 3.96. The van der Waals surface area contributed by atoms with E-state index < -0.39 is 0 Å². The van der Waals surface area contributed by atoms with Gasteiger partial charge in [-0.1, -0.05) is 36.4 Å². The second-order valence-electron chi connectivity index (χ2n) is 8.58. The Morgan fingerprint density at radius 1 is 0.692 bits per heavy atom. The van der Waals surface area contributed by atoms with Crippen molar-refractivity contribution in [3.05, 3.63) is 60.7 Å². The SMILES string of the molecule is c1ccc(NC(=NC23CC4CC(CC(C4)C2)C3)Nc2ccccc2)cc1. The summed E-state index contributed by atoms with van der Waals surface area (Å²) in [6.45, 7) is 0. The van der Waals surface area contributed by atoms with Crippen LogP contribution in [0.2, 0.25) is 0 Å². The molecule has 4 bridgehead atoms. The molecule has 0 saturated heterocycles. The van der Waals surface area contributed by atoms with Gasteiger partial charge in [-0.15, -0.1) is 0 Å². The minimum absolute atomic E-state index is 0.146. The van der Waals surface area contributed by atoms with Gasteiger partial charge in [-0.3, -0.25) is 0 Å². The minimum atomic E-state index is 0.146. The summed E-state index contributed by atoms with van der Waals surface area (Å²) < 4.78 is 0. The van der Waals surface area contributed by atoms with Crippen LogP contribution >= 0.6 is 0 Å². The van der Waals surface area contributed by atoms with Crippen molar-refractivity contribution in [2.75, 3.05) is 10.6 Å². The summed E-state index contributed by atoms with van der Waals surface area (Å²) in [5, 5.41) is 7.08. The molecule has 0 aliphatic heterocycles. The van der Waals surface area contributed by atoms with Crippen LogP contribution in [0.15, 0.2) is 65.7 Å². The highest BCUT2D eigenvalue weighted by Gasteiger charge is 2.51. The molecule has 0 aromatic heterocycles. The van der Waals surface area contributed by atoms with Crippen LogP contribution in [-0.4, -0.2) is 11.5 Å². The smallest absolute Gasteiger partial charge is 0.200 e. The maximum absolute atomic E-state index is 5.35. The molecule has 2 aromatic carbocycles. The first-order valence-corrected chi connectivity index (χ1v) is 10.0. The van der Waals surface area contributed by atoms with E-state index >= 15 is 0 Å². The molecule has 3 nitrogen and oxygen atoms in total. The minimum Gasteiger partial charge on any atom is -0.326 e. The van der Waals surface area contributed by atoms with Crippen molar-refractivity contribution in [3.8, 4) is 0 Å². The fourth-order valence-corrected chi connectivity index (χ4v) is 5.84. The maximum atomic E-state index is 5.35. The Morgan fingerprint density at radius 2 is 1.12 bits per heavy atom. The summed E-state index contributed by atoms with van der Waals surface area (Å²) in [6.07, 6.45) is 8.16. The lowest BCUT2D eigenvalue weighted by Gasteiger charge is -2.55. The maximum Gasteiger partial charge on any atom is 0.200 e. The molecule has 26 heavy (non-hydrogen) atoms. The third-order valence-corrected chi connectivity index (χ3v) is 6.43. The number of hydrogen-bond acceptors (Lipinski definition) is 1. The zero-order valence-corrected chi connectivity index (χ0v) is 15.2. The van der Waals surface area contributed by atoms with Gasteiger partial charge in [-0.25, -0.2) is 4.99 Å². The lowest BCUT2D eigenvalue weighted by molar-refractivity contribution is 0.00169. The molecule has 0 heterocycles. The number of anilines is 2. The molecular formula is C23H27N3. The molecule has 4 saturated carbocycles. The van der Waals surface area contributed by atoms with Crippen LogP contribution in [0, 0.1) is 17.8 Å². The van der Waals surface area contributed by atoms with E-state index in [0.29, 0.717) is 0 Å². The number of nitrogens with zero attached hydrogens (tertiary/aromatic N) is 1. The van der Waals surface area contributed by atoms with Crippen molar-refractivity contribution in [3.63, 3.8) is 0 Å². The van der Waals surface area contributed by atoms with E-state index in [4.69, 9.17) is 4.99 Å². The number of para-hydroxylation sites is 2. The average molecular weight is 345 g/mol. The van der Waals surface area contributed by atoms with Crippen LogP contribution < -0.4 is 10.6 Å². The Balaban J connectivity index is 1.45. The van der Waals surface area contributed by atoms with Gasteiger partial charge in [-0.05, 0) is 80.5 Å². The summed E-state index contributed by atoms with van der Waals surface area (Å²) in [5.41, 5.74) is 2.31. The van der Waals surface area contributed by atoms with Crippen molar-refractivity contribution in [1.29, 1.82) is 0 Å². The number of rotatable bonds is 3. The highest BCUT2D eigenvalue weighted by Crippen LogP contribution is 2.57. The molecular weight excluding hydrogens is 318 g/mol. The monoisotopic (exact) mass is 345 g/mol. The summed E-state index contributed by atoms with van der Waals surface area (Å²) in [5.74, 6) is 3.60. The van der Waals surface area contributed by atoms with Gasteiger partial charge >= 0.3 is 0 Å². The molecule has 0 amide bonds. The van der Waals surface area contributed by atoms with E-state index in [1.807, 2.05) is 12.1 Å². The van der Waals surface area contributed by atoms with Gasteiger partial charge in [0.15, 0.2) is 0 Å². The normalized spacial score (nSPS) is 31.5. The Bertz CT molecular complexity index is 703. The van der Waals surface area contributed by atoms with E-state index in [1.165, 1.54) is 38.5 Å². The standard InChI is InChI=1S/C23H27N3/c1-3-7-20(8-4-1)24-22(25-21-9-5-2-6-10-21)26-23-14-17-11-18(15-23)13-19(12-17)16-23/h1-10,17-19H,11-16H2,(H2,24,25,26). The fourth-order valence-electron chi connectivity index (χ4n) is 5.84. The predicted octanol–water partition coefficient (Wildman–Crippen LogP) is 5.54. The van der Waals surface area contributed by atoms with Crippen molar-refractivity contribution in [1.82, 2.24) is 0 Å². The molecule has 134 valence electrons. The van der Waals surface area contributed by atoms with Crippen LogP contribution in [0.3, 0.4) is 0 Å². The quantitative estimate of drug-likeness (QED) is 0.566. The number of guanidine groups is 1. The van der Waals surface area contributed by atoms with E-state index in [1.54, 1.807) is 0 Å². The van der Waals surface area contributed by atoms with Gasteiger partial charge < -0.3 is 10.6 Å². The molecule has 0 spiro atoms. The van der Waals surface area contributed by atoms with Crippen LogP contribution in [0.25, 0.3) is 0 Å². The predicted molar refractivity (Wildman–Crippen MR) is 108 cm³/mol. The summed E-state index contributed by atoms with van der Waals surface area (Å²) in [4.78, 5) is 5.35. The van der Waals surface area contributed by atoms with Crippen molar-refractivity contribution in [2.45, 2.75) is 44.1 Å². The Hall–Kier alpha value is -2.29. The van der Waals surface area contributed by atoms with Gasteiger partial charge in [0.1, 0.15) is 0 Å². The molecule has 2 N–H and O–H groups in total. The van der Waals surface area contributed by atoms with Gasteiger partial charge in [0.05, 0.1) is 5.54 Å². The van der Waals surface area contributed by atoms with Gasteiger partial charge in [0.25, 0.3) is 0 Å².